The standard InChI is InChI=1S/C26H30N4O2/c1-21(19-28-26(31)23-11-13-27-14-12-23)32-25-9-7-22(8-10-25)20-29-15-17-30(18-16-29)24-5-3-2-4-6-24/h2-14,21H,15-20H2,1H3,(H,28,31). The van der Waals surface area contributed by atoms with Gasteiger partial charge in [0.2, 0.25) is 0 Å². The van der Waals surface area contributed by atoms with Gasteiger partial charge in [0.05, 0.1) is 6.54 Å². The van der Waals surface area contributed by atoms with E-state index < -0.39 is 0 Å². The van der Waals surface area contributed by atoms with E-state index in [2.05, 4.69) is 62.6 Å². The number of benzene rings is 2. The monoisotopic (exact) mass is 430 g/mol. The smallest absolute Gasteiger partial charge is 0.251 e. The quantitative estimate of drug-likeness (QED) is 0.592. The molecule has 1 unspecified atom stereocenters. The first kappa shape index (κ1) is 21.8. The van der Waals surface area contributed by atoms with Crippen molar-refractivity contribution in [1.29, 1.82) is 0 Å². The van der Waals surface area contributed by atoms with Crippen LogP contribution in [-0.2, 0) is 6.54 Å². The second kappa shape index (κ2) is 10.8. The summed E-state index contributed by atoms with van der Waals surface area (Å²) < 4.78 is 5.96. The van der Waals surface area contributed by atoms with E-state index >= 15 is 0 Å². The molecule has 166 valence electrons. The minimum atomic E-state index is -0.127. The number of anilines is 1. The molecule has 0 saturated carbocycles. The summed E-state index contributed by atoms with van der Waals surface area (Å²) in [6.07, 6.45) is 3.09. The second-order valence-corrected chi connectivity index (χ2v) is 8.12. The van der Waals surface area contributed by atoms with Gasteiger partial charge in [-0.2, -0.15) is 0 Å². The number of pyridine rings is 1. The fourth-order valence-electron chi connectivity index (χ4n) is 3.85. The van der Waals surface area contributed by atoms with Gasteiger partial charge in [0.15, 0.2) is 0 Å². The zero-order chi connectivity index (χ0) is 22.2. The van der Waals surface area contributed by atoms with Crippen LogP contribution in [0.3, 0.4) is 0 Å². The third-order valence-corrected chi connectivity index (χ3v) is 5.65. The molecule has 3 aromatic rings. The molecule has 2 aromatic carbocycles. The molecule has 2 heterocycles. The van der Waals surface area contributed by atoms with Crippen LogP contribution >= 0.6 is 0 Å². The van der Waals surface area contributed by atoms with Crippen LogP contribution in [0.1, 0.15) is 22.8 Å². The van der Waals surface area contributed by atoms with Crippen LogP contribution in [0, 0.1) is 0 Å². The summed E-state index contributed by atoms with van der Waals surface area (Å²) in [4.78, 5) is 21.0. The predicted molar refractivity (Wildman–Crippen MR) is 127 cm³/mol. The maximum absolute atomic E-state index is 12.1. The van der Waals surface area contributed by atoms with Crippen LogP contribution in [0.15, 0.2) is 79.1 Å². The summed E-state index contributed by atoms with van der Waals surface area (Å²) >= 11 is 0. The lowest BCUT2D eigenvalue weighted by Gasteiger charge is -2.36. The molecular weight excluding hydrogens is 400 g/mol. The highest BCUT2D eigenvalue weighted by Crippen LogP contribution is 2.18. The van der Waals surface area contributed by atoms with Crippen molar-refractivity contribution in [2.75, 3.05) is 37.6 Å². The van der Waals surface area contributed by atoms with Crippen LogP contribution in [0.2, 0.25) is 0 Å². The number of para-hydroxylation sites is 1. The lowest BCUT2D eigenvalue weighted by molar-refractivity contribution is 0.0932. The van der Waals surface area contributed by atoms with Crippen LogP contribution in [0.25, 0.3) is 0 Å². The SMILES string of the molecule is CC(CNC(=O)c1ccncc1)Oc1ccc(CN2CCN(c3ccccc3)CC2)cc1. The zero-order valence-corrected chi connectivity index (χ0v) is 18.5. The van der Waals surface area contributed by atoms with Crippen LogP contribution in [0.4, 0.5) is 5.69 Å². The summed E-state index contributed by atoms with van der Waals surface area (Å²) in [6, 6.07) is 22.3. The van der Waals surface area contributed by atoms with Crippen LogP contribution < -0.4 is 15.0 Å². The molecule has 1 N–H and O–H groups in total. The maximum atomic E-state index is 12.1. The Labute approximate surface area is 189 Å². The molecule has 0 radical (unpaired) electrons. The first-order chi connectivity index (χ1) is 15.7. The highest BCUT2D eigenvalue weighted by Gasteiger charge is 2.17. The molecule has 0 spiro atoms. The molecule has 1 saturated heterocycles. The Balaban J connectivity index is 1.20. The van der Waals surface area contributed by atoms with Gasteiger partial charge in [-0.15, -0.1) is 0 Å². The van der Waals surface area contributed by atoms with E-state index in [0.717, 1.165) is 38.5 Å². The zero-order valence-electron chi connectivity index (χ0n) is 18.5. The molecule has 1 aromatic heterocycles. The van der Waals surface area contributed by atoms with Gasteiger partial charge in [0, 0.05) is 56.4 Å². The Morgan fingerprint density at radius 1 is 0.969 bits per heavy atom. The Bertz CT molecular complexity index is 972. The number of ether oxygens (including phenoxy) is 1. The molecular formula is C26H30N4O2. The second-order valence-electron chi connectivity index (χ2n) is 8.12. The molecule has 32 heavy (non-hydrogen) atoms. The molecule has 0 bridgehead atoms. The van der Waals surface area contributed by atoms with E-state index in [9.17, 15) is 4.79 Å². The number of carbonyl (C=O) groups is 1. The number of rotatable bonds is 8. The van der Waals surface area contributed by atoms with Gasteiger partial charge in [-0.1, -0.05) is 30.3 Å². The van der Waals surface area contributed by atoms with E-state index in [1.54, 1.807) is 24.5 Å². The molecule has 6 heteroatoms. The number of nitrogens with zero attached hydrogens (tertiary/aromatic N) is 3. The van der Waals surface area contributed by atoms with Gasteiger partial charge in [0.1, 0.15) is 11.9 Å². The van der Waals surface area contributed by atoms with Crippen molar-refractivity contribution in [3.05, 3.63) is 90.3 Å². The van der Waals surface area contributed by atoms with Gasteiger partial charge in [-0.05, 0) is 48.9 Å². The van der Waals surface area contributed by atoms with E-state index in [1.807, 2.05) is 19.1 Å². The minimum absolute atomic E-state index is 0.120. The van der Waals surface area contributed by atoms with E-state index in [1.165, 1.54) is 11.3 Å². The van der Waals surface area contributed by atoms with Crippen LogP contribution in [-0.4, -0.2) is 54.6 Å². The number of nitrogens with one attached hydrogen (secondary N) is 1. The minimum Gasteiger partial charge on any atom is -0.489 e. The fraction of sp³-hybridized carbons (Fsp3) is 0.308. The molecule has 4 rings (SSSR count). The van der Waals surface area contributed by atoms with E-state index in [0.29, 0.717) is 12.1 Å². The Morgan fingerprint density at radius 2 is 1.66 bits per heavy atom. The third kappa shape index (κ3) is 6.08. The van der Waals surface area contributed by atoms with Gasteiger partial charge in [-0.3, -0.25) is 14.7 Å². The molecule has 0 aliphatic carbocycles. The van der Waals surface area contributed by atoms with Gasteiger partial charge < -0.3 is 15.0 Å². The predicted octanol–water partition coefficient (Wildman–Crippen LogP) is 3.60. The number of piperazine rings is 1. The normalized spacial score (nSPS) is 15.2. The molecule has 1 atom stereocenters. The number of hydrogen-bond acceptors (Lipinski definition) is 5. The summed E-state index contributed by atoms with van der Waals surface area (Å²) in [5, 5.41) is 2.90. The van der Waals surface area contributed by atoms with Crippen molar-refractivity contribution >= 4 is 11.6 Å². The topological polar surface area (TPSA) is 57.7 Å². The largest absolute Gasteiger partial charge is 0.489 e. The molecule has 1 amide bonds. The Kier molecular flexibility index (Phi) is 7.35. The Hall–Kier alpha value is -3.38. The molecule has 1 aliphatic heterocycles. The first-order valence-corrected chi connectivity index (χ1v) is 11.1. The summed E-state index contributed by atoms with van der Waals surface area (Å²) in [6.45, 7) is 7.55. The highest BCUT2D eigenvalue weighted by molar-refractivity contribution is 5.93. The van der Waals surface area contributed by atoms with Crippen LogP contribution in [0.5, 0.6) is 5.75 Å². The highest BCUT2D eigenvalue weighted by atomic mass is 16.5. The summed E-state index contributed by atoms with van der Waals surface area (Å²) in [7, 11) is 0. The van der Waals surface area contributed by atoms with Gasteiger partial charge in [0.25, 0.3) is 5.91 Å². The molecule has 1 fully saturated rings. The van der Waals surface area contributed by atoms with Crippen molar-refractivity contribution < 1.29 is 9.53 Å². The number of carbonyl (C=O) groups excluding carboxylic acids is 1. The van der Waals surface area contributed by atoms with Crippen molar-refractivity contribution in [3.8, 4) is 5.75 Å². The van der Waals surface area contributed by atoms with Crippen molar-refractivity contribution in [1.82, 2.24) is 15.2 Å². The average Bonchev–Trinajstić information content (AvgIpc) is 2.85. The summed E-state index contributed by atoms with van der Waals surface area (Å²) in [5.41, 5.74) is 3.19. The molecule has 6 nitrogen and oxygen atoms in total. The lowest BCUT2D eigenvalue weighted by atomic mass is 10.2. The lowest BCUT2D eigenvalue weighted by Crippen LogP contribution is -2.45. The van der Waals surface area contributed by atoms with E-state index in [-0.39, 0.29) is 12.0 Å². The number of aromatic nitrogens is 1. The fourth-order valence-corrected chi connectivity index (χ4v) is 3.85. The maximum Gasteiger partial charge on any atom is 0.251 e. The number of hydrogen-bond donors (Lipinski definition) is 1. The summed E-state index contributed by atoms with van der Waals surface area (Å²) in [5.74, 6) is 0.693. The van der Waals surface area contributed by atoms with E-state index in [4.69, 9.17) is 4.74 Å². The molecule has 1 aliphatic rings. The average molecular weight is 431 g/mol. The Morgan fingerprint density at radius 3 is 2.34 bits per heavy atom. The number of amides is 1. The third-order valence-electron chi connectivity index (χ3n) is 5.65. The first-order valence-electron chi connectivity index (χ1n) is 11.1. The van der Waals surface area contributed by atoms with Crippen molar-refractivity contribution in [3.63, 3.8) is 0 Å². The van der Waals surface area contributed by atoms with Crippen molar-refractivity contribution in [2.45, 2.75) is 19.6 Å². The van der Waals surface area contributed by atoms with Crippen molar-refractivity contribution in [2.24, 2.45) is 0 Å². The van der Waals surface area contributed by atoms with Gasteiger partial charge in [-0.25, -0.2) is 0 Å². The van der Waals surface area contributed by atoms with Gasteiger partial charge >= 0.3 is 0 Å².